The number of benzene rings is 1. The highest BCUT2D eigenvalue weighted by Crippen LogP contribution is 2.23. The topological polar surface area (TPSA) is 63.2 Å². The number of hydrogen-bond donors (Lipinski definition) is 2. The summed E-state index contributed by atoms with van der Waals surface area (Å²) >= 11 is 0. The average molecular weight is 285 g/mol. The average Bonchev–Trinajstić information content (AvgIpc) is 2.53. The fourth-order valence-corrected chi connectivity index (χ4v) is 1.87. The molecule has 0 spiro atoms. The van der Waals surface area contributed by atoms with E-state index >= 15 is 0 Å². The number of hydrogen-bond acceptors (Lipinski definition) is 4. The zero-order valence-corrected chi connectivity index (χ0v) is 12.2. The Balaban J connectivity index is 2.13. The van der Waals surface area contributed by atoms with Crippen molar-refractivity contribution in [2.24, 2.45) is 0 Å². The molecule has 2 N–H and O–H groups in total. The Morgan fingerprint density at radius 1 is 1.29 bits per heavy atom. The largest absolute Gasteiger partial charge is 0.495 e. The van der Waals surface area contributed by atoms with Gasteiger partial charge in [0.25, 0.3) is 5.91 Å². The van der Waals surface area contributed by atoms with Crippen molar-refractivity contribution in [3.63, 3.8) is 0 Å². The van der Waals surface area contributed by atoms with Gasteiger partial charge in [0.2, 0.25) is 0 Å². The van der Waals surface area contributed by atoms with Crippen LogP contribution in [0.4, 0.5) is 11.4 Å². The number of para-hydroxylation sites is 2. The van der Waals surface area contributed by atoms with E-state index in [1.807, 2.05) is 18.2 Å². The molecule has 2 rings (SSSR count). The highest BCUT2D eigenvalue weighted by molar-refractivity contribution is 6.04. The molecule has 1 aromatic carbocycles. The minimum atomic E-state index is -0.264. The van der Waals surface area contributed by atoms with Gasteiger partial charge in [0.15, 0.2) is 0 Å². The van der Waals surface area contributed by atoms with Crippen molar-refractivity contribution >= 4 is 17.3 Å². The van der Waals surface area contributed by atoms with Crippen molar-refractivity contribution in [2.45, 2.75) is 13.3 Å². The second kappa shape index (κ2) is 7.28. The molecule has 5 nitrogen and oxygen atoms in total. The zero-order valence-electron chi connectivity index (χ0n) is 12.2. The van der Waals surface area contributed by atoms with Gasteiger partial charge in [0, 0.05) is 18.4 Å². The predicted molar refractivity (Wildman–Crippen MR) is 84.0 cm³/mol. The number of nitrogens with zero attached hydrogens (tertiary/aromatic N) is 1. The maximum absolute atomic E-state index is 12.3. The van der Waals surface area contributed by atoms with Crippen LogP contribution < -0.4 is 15.4 Å². The maximum Gasteiger partial charge on any atom is 0.274 e. The van der Waals surface area contributed by atoms with Crippen LogP contribution in [0.1, 0.15) is 23.8 Å². The van der Waals surface area contributed by atoms with Gasteiger partial charge in [-0.15, -0.1) is 0 Å². The Kier molecular flexibility index (Phi) is 5.15. The van der Waals surface area contributed by atoms with Crippen molar-refractivity contribution in [2.75, 3.05) is 24.3 Å². The molecule has 5 heteroatoms. The number of carbonyl (C=O) groups excluding carboxylic acids is 1. The zero-order chi connectivity index (χ0) is 15.1. The molecular weight excluding hydrogens is 266 g/mol. The van der Waals surface area contributed by atoms with Crippen molar-refractivity contribution in [3.05, 3.63) is 48.3 Å². The number of amides is 1. The number of carbonyl (C=O) groups is 1. The molecule has 0 radical (unpaired) electrons. The van der Waals surface area contributed by atoms with E-state index in [4.69, 9.17) is 4.74 Å². The first-order chi connectivity index (χ1) is 10.2. The molecule has 2 aromatic rings. The normalized spacial score (nSPS) is 10.0. The van der Waals surface area contributed by atoms with E-state index in [1.54, 1.807) is 31.5 Å². The van der Waals surface area contributed by atoms with Gasteiger partial charge >= 0.3 is 0 Å². The van der Waals surface area contributed by atoms with Crippen molar-refractivity contribution in [1.82, 2.24) is 4.98 Å². The minimum absolute atomic E-state index is 0.264. The number of methoxy groups -OCH3 is 1. The summed E-state index contributed by atoms with van der Waals surface area (Å²) in [6.07, 6.45) is 2.64. The summed E-state index contributed by atoms with van der Waals surface area (Å²) < 4.78 is 5.21. The summed E-state index contributed by atoms with van der Waals surface area (Å²) in [5, 5.41) is 6.04. The van der Waals surface area contributed by atoms with Gasteiger partial charge in [0.1, 0.15) is 11.4 Å². The first-order valence-electron chi connectivity index (χ1n) is 6.89. The lowest BCUT2D eigenvalue weighted by molar-refractivity contribution is 0.102. The van der Waals surface area contributed by atoms with Gasteiger partial charge in [-0.05, 0) is 30.7 Å². The summed E-state index contributed by atoms with van der Waals surface area (Å²) in [5.74, 6) is 0.353. The molecule has 0 fully saturated rings. The van der Waals surface area contributed by atoms with Crippen LogP contribution in [0.15, 0.2) is 42.6 Å². The molecule has 0 aliphatic rings. The molecule has 0 bridgehead atoms. The minimum Gasteiger partial charge on any atom is -0.495 e. The molecule has 0 unspecified atom stereocenters. The lowest BCUT2D eigenvalue weighted by Gasteiger charge is -2.10. The molecule has 0 aliphatic heterocycles. The van der Waals surface area contributed by atoms with Gasteiger partial charge in [-0.3, -0.25) is 9.78 Å². The van der Waals surface area contributed by atoms with Gasteiger partial charge in [0.05, 0.1) is 12.8 Å². The standard InChI is InChI=1S/C16H19N3O2/c1-3-9-17-12-8-10-18-14(11-12)16(20)19-13-6-4-5-7-15(13)21-2/h4-8,10-11H,3,9H2,1-2H3,(H,17,18)(H,19,20). The number of ether oxygens (including phenoxy) is 1. The summed E-state index contributed by atoms with van der Waals surface area (Å²) in [5.41, 5.74) is 1.87. The van der Waals surface area contributed by atoms with E-state index < -0.39 is 0 Å². The molecule has 1 aromatic heterocycles. The Morgan fingerprint density at radius 2 is 2.10 bits per heavy atom. The van der Waals surface area contributed by atoms with Crippen LogP contribution in [0.2, 0.25) is 0 Å². The quantitative estimate of drug-likeness (QED) is 0.855. The lowest BCUT2D eigenvalue weighted by Crippen LogP contribution is -2.14. The predicted octanol–water partition coefficient (Wildman–Crippen LogP) is 3.16. The number of aromatic nitrogens is 1. The number of nitrogens with one attached hydrogen (secondary N) is 2. The third kappa shape index (κ3) is 3.95. The van der Waals surface area contributed by atoms with E-state index in [9.17, 15) is 4.79 Å². The van der Waals surface area contributed by atoms with E-state index in [-0.39, 0.29) is 5.91 Å². The molecular formula is C16H19N3O2. The summed E-state index contributed by atoms with van der Waals surface area (Å²) in [7, 11) is 1.57. The highest BCUT2D eigenvalue weighted by Gasteiger charge is 2.11. The van der Waals surface area contributed by atoms with E-state index in [0.717, 1.165) is 18.7 Å². The highest BCUT2D eigenvalue weighted by atomic mass is 16.5. The van der Waals surface area contributed by atoms with E-state index in [1.165, 1.54) is 0 Å². The van der Waals surface area contributed by atoms with Gasteiger partial charge < -0.3 is 15.4 Å². The Bertz CT molecular complexity index is 614. The second-order valence-electron chi connectivity index (χ2n) is 4.51. The van der Waals surface area contributed by atoms with Crippen molar-refractivity contribution in [3.8, 4) is 5.75 Å². The first-order valence-corrected chi connectivity index (χ1v) is 6.89. The third-order valence-corrected chi connectivity index (χ3v) is 2.93. The van der Waals surface area contributed by atoms with E-state index in [2.05, 4.69) is 22.5 Å². The second-order valence-corrected chi connectivity index (χ2v) is 4.51. The Morgan fingerprint density at radius 3 is 2.86 bits per heavy atom. The maximum atomic E-state index is 12.3. The third-order valence-electron chi connectivity index (χ3n) is 2.93. The summed E-state index contributed by atoms with van der Waals surface area (Å²) in [6.45, 7) is 2.95. The van der Waals surface area contributed by atoms with Crippen LogP contribution >= 0.6 is 0 Å². The smallest absolute Gasteiger partial charge is 0.274 e. The molecule has 21 heavy (non-hydrogen) atoms. The SMILES string of the molecule is CCCNc1ccnc(C(=O)Nc2ccccc2OC)c1. The monoisotopic (exact) mass is 285 g/mol. The Hall–Kier alpha value is -2.56. The first kappa shape index (κ1) is 14.8. The van der Waals surface area contributed by atoms with Crippen LogP contribution in [0.3, 0.4) is 0 Å². The number of pyridine rings is 1. The fourth-order valence-electron chi connectivity index (χ4n) is 1.87. The summed E-state index contributed by atoms with van der Waals surface area (Å²) in [4.78, 5) is 16.4. The fraction of sp³-hybridized carbons (Fsp3) is 0.250. The van der Waals surface area contributed by atoms with Crippen LogP contribution in [0, 0.1) is 0 Å². The van der Waals surface area contributed by atoms with E-state index in [0.29, 0.717) is 17.1 Å². The van der Waals surface area contributed by atoms with Crippen LogP contribution in [0.5, 0.6) is 5.75 Å². The molecule has 1 amide bonds. The van der Waals surface area contributed by atoms with Gasteiger partial charge in [-0.25, -0.2) is 0 Å². The van der Waals surface area contributed by atoms with Crippen LogP contribution in [-0.2, 0) is 0 Å². The van der Waals surface area contributed by atoms with Gasteiger partial charge in [-0.1, -0.05) is 19.1 Å². The molecule has 110 valence electrons. The number of rotatable bonds is 6. The number of anilines is 2. The molecule has 0 aliphatic carbocycles. The van der Waals surface area contributed by atoms with Crippen molar-refractivity contribution in [1.29, 1.82) is 0 Å². The lowest BCUT2D eigenvalue weighted by atomic mass is 10.2. The summed E-state index contributed by atoms with van der Waals surface area (Å²) in [6, 6.07) is 10.8. The van der Waals surface area contributed by atoms with Gasteiger partial charge in [-0.2, -0.15) is 0 Å². The van der Waals surface area contributed by atoms with Crippen molar-refractivity contribution < 1.29 is 9.53 Å². The Labute approximate surface area is 124 Å². The van der Waals surface area contributed by atoms with Crippen LogP contribution in [-0.4, -0.2) is 24.5 Å². The van der Waals surface area contributed by atoms with Crippen LogP contribution in [0.25, 0.3) is 0 Å². The molecule has 0 saturated heterocycles. The molecule has 0 atom stereocenters. The molecule has 1 heterocycles. The molecule has 0 saturated carbocycles.